The molecule has 2 nitrogen and oxygen atoms in total. The van der Waals surface area contributed by atoms with Crippen molar-refractivity contribution in [2.45, 2.75) is 18.5 Å². The number of alkyl halides is 3. The molecule has 0 aliphatic rings. The molecule has 1 aromatic carbocycles. The summed E-state index contributed by atoms with van der Waals surface area (Å²) in [5, 5.41) is 0. The van der Waals surface area contributed by atoms with Crippen molar-refractivity contribution in [3.8, 4) is 5.75 Å². The minimum Gasteiger partial charge on any atom is -0.492 e. The lowest BCUT2D eigenvalue weighted by molar-refractivity contribution is -0.0329. The second-order valence-electron chi connectivity index (χ2n) is 3.61. The molecule has 0 fully saturated rings. The second kappa shape index (κ2) is 6.68. The van der Waals surface area contributed by atoms with Crippen LogP contribution >= 0.6 is 27.7 Å². The number of thioether (sulfide) groups is 1. The third-order valence-corrected chi connectivity index (χ3v) is 3.26. The lowest BCUT2D eigenvalue weighted by atomic mass is 10.1. The maximum absolute atomic E-state index is 11.9. The van der Waals surface area contributed by atoms with Gasteiger partial charge < -0.3 is 10.5 Å². The first-order chi connectivity index (χ1) is 8.29. The van der Waals surface area contributed by atoms with Crippen molar-refractivity contribution in [2.24, 2.45) is 5.73 Å². The Morgan fingerprint density at radius 1 is 1.44 bits per heavy atom. The van der Waals surface area contributed by atoms with Gasteiger partial charge in [0.1, 0.15) is 5.75 Å². The summed E-state index contributed by atoms with van der Waals surface area (Å²) >= 11 is 3.18. The summed E-state index contributed by atoms with van der Waals surface area (Å²) in [5.74, 6) is 0.371. The van der Waals surface area contributed by atoms with Crippen LogP contribution in [0.3, 0.4) is 0 Å². The van der Waals surface area contributed by atoms with E-state index in [1.807, 2.05) is 6.07 Å². The largest absolute Gasteiger partial charge is 0.492 e. The Morgan fingerprint density at radius 2 is 2.11 bits per heavy atom. The van der Waals surface area contributed by atoms with Crippen LogP contribution in [0.4, 0.5) is 13.2 Å². The third kappa shape index (κ3) is 5.49. The molecule has 0 amide bonds. The van der Waals surface area contributed by atoms with E-state index < -0.39 is 5.51 Å². The third-order valence-electron chi connectivity index (χ3n) is 2.07. The minimum absolute atomic E-state index is 0.0135. The molecule has 0 spiro atoms. The first-order valence-corrected chi connectivity index (χ1v) is 6.96. The molecular weight excluding hydrogens is 331 g/mol. The zero-order chi connectivity index (χ0) is 13.8. The molecule has 0 unspecified atom stereocenters. The molecule has 18 heavy (non-hydrogen) atoms. The summed E-state index contributed by atoms with van der Waals surface area (Å²) in [4.78, 5) is 0. The van der Waals surface area contributed by atoms with Crippen LogP contribution in [0.2, 0.25) is 0 Å². The fourth-order valence-electron chi connectivity index (χ4n) is 1.32. The van der Waals surface area contributed by atoms with Crippen molar-refractivity contribution in [3.63, 3.8) is 0 Å². The highest BCUT2D eigenvalue weighted by atomic mass is 79.9. The number of rotatable bonds is 5. The van der Waals surface area contributed by atoms with Crippen LogP contribution in [0.1, 0.15) is 18.5 Å². The van der Waals surface area contributed by atoms with Gasteiger partial charge in [-0.15, -0.1) is 0 Å². The van der Waals surface area contributed by atoms with Gasteiger partial charge in [0.15, 0.2) is 0 Å². The first-order valence-electron chi connectivity index (χ1n) is 5.18. The van der Waals surface area contributed by atoms with Crippen LogP contribution in [0.5, 0.6) is 5.75 Å². The Morgan fingerprint density at radius 3 is 2.67 bits per heavy atom. The fourth-order valence-corrected chi connectivity index (χ4v) is 2.06. The van der Waals surface area contributed by atoms with Gasteiger partial charge in [0.25, 0.3) is 0 Å². The number of ether oxygens (including phenoxy) is 1. The maximum Gasteiger partial charge on any atom is 0.441 e. The zero-order valence-electron chi connectivity index (χ0n) is 9.63. The van der Waals surface area contributed by atoms with E-state index in [0.717, 1.165) is 10.0 Å². The molecule has 0 aliphatic carbocycles. The summed E-state index contributed by atoms with van der Waals surface area (Å²) in [5.41, 5.74) is 2.31. The average Bonchev–Trinajstić information content (AvgIpc) is 2.22. The zero-order valence-corrected chi connectivity index (χ0v) is 12.0. The molecule has 0 aliphatic heterocycles. The highest BCUT2D eigenvalue weighted by Crippen LogP contribution is 2.31. The molecule has 0 heterocycles. The van der Waals surface area contributed by atoms with Gasteiger partial charge in [-0.1, -0.05) is 22.0 Å². The van der Waals surface area contributed by atoms with Crippen molar-refractivity contribution in [2.75, 3.05) is 12.4 Å². The van der Waals surface area contributed by atoms with Gasteiger partial charge in [-0.3, -0.25) is 0 Å². The maximum atomic E-state index is 11.9. The van der Waals surface area contributed by atoms with Gasteiger partial charge in [0.2, 0.25) is 0 Å². The summed E-state index contributed by atoms with van der Waals surface area (Å²) in [6, 6.07) is 5.08. The molecule has 0 saturated heterocycles. The highest BCUT2D eigenvalue weighted by molar-refractivity contribution is 9.10. The number of hydrogen-bond donors (Lipinski definition) is 1. The quantitative estimate of drug-likeness (QED) is 0.817. The van der Waals surface area contributed by atoms with Crippen molar-refractivity contribution >= 4 is 27.7 Å². The lowest BCUT2D eigenvalue weighted by Gasteiger charge is -2.14. The highest BCUT2D eigenvalue weighted by Gasteiger charge is 2.27. The SMILES string of the molecule is C[C@H](N)c1ccc(Br)cc1OCCSC(F)(F)F. The predicted molar refractivity (Wildman–Crippen MR) is 70.8 cm³/mol. The second-order valence-corrected chi connectivity index (χ2v) is 5.69. The molecule has 7 heteroatoms. The van der Waals surface area contributed by atoms with E-state index >= 15 is 0 Å². The van der Waals surface area contributed by atoms with E-state index in [9.17, 15) is 13.2 Å². The normalized spacial score (nSPS) is 13.4. The molecule has 0 radical (unpaired) electrons. The van der Waals surface area contributed by atoms with Crippen molar-refractivity contribution in [1.29, 1.82) is 0 Å². The van der Waals surface area contributed by atoms with Gasteiger partial charge in [-0.2, -0.15) is 13.2 Å². The molecule has 102 valence electrons. The summed E-state index contributed by atoms with van der Waals surface area (Å²) in [7, 11) is 0. The van der Waals surface area contributed by atoms with E-state index in [0.29, 0.717) is 5.75 Å². The molecule has 2 N–H and O–H groups in total. The number of nitrogens with two attached hydrogens (primary N) is 1. The van der Waals surface area contributed by atoms with Crippen molar-refractivity contribution in [1.82, 2.24) is 0 Å². The van der Waals surface area contributed by atoms with E-state index in [-0.39, 0.29) is 30.2 Å². The van der Waals surface area contributed by atoms with Gasteiger partial charge in [0, 0.05) is 21.8 Å². The molecule has 0 aromatic heterocycles. The Kier molecular flexibility index (Phi) is 5.81. The number of hydrogen-bond acceptors (Lipinski definition) is 3. The Bertz CT molecular complexity index is 398. The number of halogens is 4. The van der Waals surface area contributed by atoms with E-state index in [4.69, 9.17) is 10.5 Å². The summed E-state index contributed by atoms with van der Waals surface area (Å²) in [6.45, 7) is 1.78. The predicted octanol–water partition coefficient (Wildman–Crippen LogP) is 4.10. The van der Waals surface area contributed by atoms with Gasteiger partial charge in [-0.05, 0) is 30.8 Å². The molecule has 1 rings (SSSR count). The topological polar surface area (TPSA) is 35.2 Å². The smallest absolute Gasteiger partial charge is 0.441 e. The minimum atomic E-state index is -4.22. The van der Waals surface area contributed by atoms with Crippen LogP contribution < -0.4 is 10.5 Å². The summed E-state index contributed by atoms with van der Waals surface area (Å²) in [6.07, 6.45) is 0. The molecule has 0 saturated carbocycles. The molecule has 0 bridgehead atoms. The van der Waals surface area contributed by atoms with Gasteiger partial charge in [0.05, 0.1) is 6.61 Å². The standard InChI is InChI=1S/C11H13BrF3NOS/c1-7(16)9-3-2-8(12)6-10(9)17-4-5-18-11(13,14)15/h2-3,6-7H,4-5,16H2,1H3/t7-/m0/s1. The van der Waals surface area contributed by atoms with Crippen LogP contribution in [-0.4, -0.2) is 17.9 Å². The Hall–Kier alpha value is -0.400. The fraction of sp³-hybridized carbons (Fsp3) is 0.455. The van der Waals surface area contributed by atoms with E-state index in [1.165, 1.54) is 0 Å². The van der Waals surface area contributed by atoms with Crippen LogP contribution in [-0.2, 0) is 0 Å². The van der Waals surface area contributed by atoms with E-state index in [1.54, 1.807) is 19.1 Å². The van der Waals surface area contributed by atoms with Crippen molar-refractivity contribution < 1.29 is 17.9 Å². The Labute approximate surface area is 116 Å². The molecule has 1 atom stereocenters. The molecule has 1 aromatic rings. The monoisotopic (exact) mass is 343 g/mol. The molecular formula is C11H13BrF3NOS. The van der Waals surface area contributed by atoms with Crippen molar-refractivity contribution in [3.05, 3.63) is 28.2 Å². The van der Waals surface area contributed by atoms with Crippen LogP contribution in [0.25, 0.3) is 0 Å². The first kappa shape index (κ1) is 15.7. The van der Waals surface area contributed by atoms with Crippen LogP contribution in [0, 0.1) is 0 Å². The lowest BCUT2D eigenvalue weighted by Crippen LogP contribution is -2.11. The summed E-state index contributed by atoms with van der Waals surface area (Å²) < 4.78 is 41.9. The van der Waals surface area contributed by atoms with Gasteiger partial charge in [-0.25, -0.2) is 0 Å². The van der Waals surface area contributed by atoms with Crippen LogP contribution in [0.15, 0.2) is 22.7 Å². The number of benzene rings is 1. The van der Waals surface area contributed by atoms with Gasteiger partial charge >= 0.3 is 5.51 Å². The average molecular weight is 344 g/mol. The van der Waals surface area contributed by atoms with E-state index in [2.05, 4.69) is 15.9 Å². The Balaban J connectivity index is 2.58.